The highest BCUT2D eigenvalue weighted by Gasteiger charge is 2.25. The molecule has 0 N–H and O–H groups in total. The largest absolute Gasteiger partial charge is 0.341 e. The van der Waals surface area contributed by atoms with Crippen LogP contribution in [0.25, 0.3) is 10.9 Å². The fourth-order valence-corrected chi connectivity index (χ4v) is 4.54. The zero-order valence-corrected chi connectivity index (χ0v) is 16.2. The Morgan fingerprint density at radius 3 is 2.69 bits per heavy atom. The Balaban J connectivity index is 1.81. The zero-order valence-electron chi connectivity index (χ0n) is 15.4. The normalized spacial score (nSPS) is 20.3. The Kier molecular flexibility index (Phi) is 5.81. The number of fused-ring (bicyclic) bond motifs is 1. The Labute approximate surface area is 158 Å². The van der Waals surface area contributed by atoms with Crippen LogP contribution in [-0.4, -0.2) is 39.2 Å². The number of para-hydroxylation sites is 1. The van der Waals surface area contributed by atoms with Gasteiger partial charge in [0.1, 0.15) is 0 Å². The van der Waals surface area contributed by atoms with Gasteiger partial charge in [0.05, 0.1) is 16.7 Å². The van der Waals surface area contributed by atoms with E-state index >= 15 is 0 Å². The summed E-state index contributed by atoms with van der Waals surface area (Å²) >= 11 is 1.33. The predicted octanol–water partition coefficient (Wildman–Crippen LogP) is 3.18. The average molecular weight is 372 g/mol. The molecule has 3 rings (SSSR count). The van der Waals surface area contributed by atoms with Gasteiger partial charge in [-0.1, -0.05) is 43.8 Å². The van der Waals surface area contributed by atoms with Gasteiger partial charge in [-0.3, -0.25) is 14.2 Å². The maximum absolute atomic E-state index is 12.7. The third-order valence-corrected chi connectivity index (χ3v) is 5.65. The quantitative estimate of drug-likeness (QED) is 0.460. The van der Waals surface area contributed by atoms with Crippen LogP contribution < -0.4 is 5.56 Å². The predicted molar refractivity (Wildman–Crippen MR) is 106 cm³/mol. The fraction of sp³-hybridized carbons (Fsp3) is 0.450. The number of carbonyl (C=O) groups is 1. The Hall–Kier alpha value is -2.08. The first-order valence-electron chi connectivity index (χ1n) is 9.00. The zero-order chi connectivity index (χ0) is 18.7. The smallest absolute Gasteiger partial charge is 0.262 e. The van der Waals surface area contributed by atoms with E-state index in [4.69, 9.17) is 0 Å². The van der Waals surface area contributed by atoms with Crippen molar-refractivity contribution in [2.45, 2.75) is 32.0 Å². The number of carbonyl (C=O) groups excluding carboxylic acids is 1. The molecule has 26 heavy (non-hydrogen) atoms. The first-order chi connectivity index (χ1) is 12.5. The van der Waals surface area contributed by atoms with Crippen molar-refractivity contribution in [1.82, 2.24) is 14.5 Å². The van der Waals surface area contributed by atoms with Gasteiger partial charge in [-0.15, -0.1) is 6.58 Å². The lowest BCUT2D eigenvalue weighted by atomic mass is 9.92. The van der Waals surface area contributed by atoms with Crippen LogP contribution in [0.15, 0.2) is 46.9 Å². The van der Waals surface area contributed by atoms with Gasteiger partial charge in [0.2, 0.25) is 5.91 Å². The minimum absolute atomic E-state index is 0.0920. The van der Waals surface area contributed by atoms with Crippen molar-refractivity contribution in [2.75, 3.05) is 18.8 Å². The SMILES string of the molecule is C=CCn1c(SCC(=O)N2C[C@@H](C)C[C@H](C)C2)nc2ccccc2c1=O. The van der Waals surface area contributed by atoms with Crippen LogP contribution in [0.1, 0.15) is 20.3 Å². The van der Waals surface area contributed by atoms with Gasteiger partial charge >= 0.3 is 0 Å². The van der Waals surface area contributed by atoms with Gasteiger partial charge in [-0.2, -0.15) is 0 Å². The lowest BCUT2D eigenvalue weighted by Crippen LogP contribution is -2.43. The van der Waals surface area contributed by atoms with Crippen LogP contribution in [0.2, 0.25) is 0 Å². The van der Waals surface area contributed by atoms with E-state index in [-0.39, 0.29) is 11.5 Å². The van der Waals surface area contributed by atoms with Gasteiger partial charge in [0, 0.05) is 19.6 Å². The van der Waals surface area contributed by atoms with Crippen LogP contribution in [0.4, 0.5) is 0 Å². The maximum Gasteiger partial charge on any atom is 0.262 e. The Morgan fingerprint density at radius 1 is 1.31 bits per heavy atom. The number of allylic oxidation sites excluding steroid dienone is 1. The number of aromatic nitrogens is 2. The van der Waals surface area contributed by atoms with Crippen molar-refractivity contribution in [3.63, 3.8) is 0 Å². The summed E-state index contributed by atoms with van der Waals surface area (Å²) < 4.78 is 1.59. The van der Waals surface area contributed by atoms with Crippen molar-refractivity contribution in [3.8, 4) is 0 Å². The van der Waals surface area contributed by atoms with Crippen LogP contribution in [-0.2, 0) is 11.3 Å². The fourth-order valence-electron chi connectivity index (χ4n) is 3.63. The van der Waals surface area contributed by atoms with E-state index in [0.29, 0.717) is 40.2 Å². The van der Waals surface area contributed by atoms with Crippen molar-refractivity contribution in [2.24, 2.45) is 11.8 Å². The molecular formula is C20H25N3O2S. The Morgan fingerprint density at radius 2 is 2.00 bits per heavy atom. The topological polar surface area (TPSA) is 55.2 Å². The molecule has 1 amide bonds. The number of hydrogen-bond acceptors (Lipinski definition) is 4. The van der Waals surface area contributed by atoms with Crippen LogP contribution in [0.5, 0.6) is 0 Å². The molecule has 0 bridgehead atoms. The average Bonchev–Trinajstić information content (AvgIpc) is 2.61. The van der Waals surface area contributed by atoms with Crippen LogP contribution >= 0.6 is 11.8 Å². The number of amides is 1. The monoisotopic (exact) mass is 371 g/mol. The summed E-state index contributed by atoms with van der Waals surface area (Å²) in [6.07, 6.45) is 2.85. The van der Waals surface area contributed by atoms with Gasteiger partial charge in [-0.25, -0.2) is 4.98 Å². The molecule has 2 heterocycles. The number of likely N-dealkylation sites (tertiary alicyclic amines) is 1. The number of rotatable bonds is 5. The third kappa shape index (κ3) is 4.01. The second-order valence-corrected chi connectivity index (χ2v) is 8.09. The minimum Gasteiger partial charge on any atom is -0.341 e. The van der Waals surface area contributed by atoms with Gasteiger partial charge < -0.3 is 4.90 Å². The molecule has 1 saturated heterocycles. The lowest BCUT2D eigenvalue weighted by Gasteiger charge is -2.35. The van der Waals surface area contributed by atoms with Gasteiger partial charge in [0.15, 0.2) is 5.16 Å². The molecule has 0 radical (unpaired) electrons. The number of piperidine rings is 1. The number of thioether (sulfide) groups is 1. The summed E-state index contributed by atoms with van der Waals surface area (Å²) in [5.41, 5.74) is 0.568. The summed E-state index contributed by atoms with van der Waals surface area (Å²) in [4.78, 5) is 31.9. The second kappa shape index (κ2) is 8.08. The number of nitrogens with zero attached hydrogens (tertiary/aromatic N) is 3. The van der Waals surface area contributed by atoms with E-state index in [1.165, 1.54) is 18.2 Å². The highest BCUT2D eigenvalue weighted by Crippen LogP contribution is 2.23. The molecule has 2 atom stereocenters. The third-order valence-electron chi connectivity index (χ3n) is 4.68. The molecule has 0 unspecified atom stereocenters. The van der Waals surface area contributed by atoms with E-state index < -0.39 is 0 Å². The first kappa shape index (κ1) is 18.7. The van der Waals surface area contributed by atoms with Crippen molar-refractivity contribution in [3.05, 3.63) is 47.3 Å². The molecule has 138 valence electrons. The molecule has 1 aromatic heterocycles. The van der Waals surface area contributed by atoms with E-state index in [9.17, 15) is 9.59 Å². The summed E-state index contributed by atoms with van der Waals surface area (Å²) in [5.74, 6) is 1.47. The van der Waals surface area contributed by atoms with Crippen molar-refractivity contribution < 1.29 is 4.79 Å². The van der Waals surface area contributed by atoms with Crippen molar-refractivity contribution >= 4 is 28.6 Å². The molecule has 0 aliphatic carbocycles. The molecule has 1 aliphatic heterocycles. The van der Waals surface area contributed by atoms with Crippen molar-refractivity contribution in [1.29, 1.82) is 0 Å². The standard InChI is InChI=1S/C20H25N3O2S/c1-4-9-23-19(25)16-7-5-6-8-17(16)21-20(23)26-13-18(24)22-11-14(2)10-15(3)12-22/h4-8,14-15H,1,9-13H2,2-3H3/t14-,15-/m0/s1. The van der Waals surface area contributed by atoms with E-state index in [1.807, 2.05) is 23.1 Å². The second-order valence-electron chi connectivity index (χ2n) is 7.15. The molecule has 1 fully saturated rings. The first-order valence-corrected chi connectivity index (χ1v) is 9.99. The summed E-state index contributed by atoms with van der Waals surface area (Å²) in [7, 11) is 0. The molecule has 2 aromatic rings. The van der Waals surface area contributed by atoms with Crippen LogP contribution in [0, 0.1) is 11.8 Å². The summed E-state index contributed by atoms with van der Waals surface area (Å²) in [6.45, 7) is 10.1. The lowest BCUT2D eigenvalue weighted by molar-refractivity contribution is -0.130. The highest BCUT2D eigenvalue weighted by molar-refractivity contribution is 7.99. The molecule has 5 nitrogen and oxygen atoms in total. The van der Waals surface area contributed by atoms with E-state index in [0.717, 1.165) is 13.1 Å². The highest BCUT2D eigenvalue weighted by atomic mass is 32.2. The van der Waals surface area contributed by atoms with Crippen LogP contribution in [0.3, 0.4) is 0 Å². The number of hydrogen-bond donors (Lipinski definition) is 0. The van der Waals surface area contributed by atoms with Gasteiger partial charge in [0.25, 0.3) is 5.56 Å². The molecule has 0 spiro atoms. The summed E-state index contributed by atoms with van der Waals surface area (Å²) in [5, 5.41) is 1.16. The number of benzene rings is 1. The van der Waals surface area contributed by atoms with E-state index in [1.54, 1.807) is 16.7 Å². The van der Waals surface area contributed by atoms with Gasteiger partial charge in [-0.05, 0) is 30.4 Å². The Bertz CT molecular complexity index is 867. The summed E-state index contributed by atoms with van der Waals surface area (Å²) in [6, 6.07) is 7.30. The molecular weight excluding hydrogens is 346 g/mol. The molecule has 0 saturated carbocycles. The molecule has 1 aliphatic rings. The minimum atomic E-state index is -0.0920. The maximum atomic E-state index is 12.7. The molecule has 1 aromatic carbocycles. The van der Waals surface area contributed by atoms with E-state index in [2.05, 4.69) is 25.4 Å². The molecule has 6 heteroatoms.